The third-order valence-electron chi connectivity index (χ3n) is 5.36. The zero-order valence-electron chi connectivity index (χ0n) is 15.4. The molecule has 27 heavy (non-hydrogen) atoms. The van der Waals surface area contributed by atoms with Crippen LogP contribution in [0.2, 0.25) is 5.02 Å². The van der Waals surface area contributed by atoms with Gasteiger partial charge in [-0.25, -0.2) is 0 Å². The van der Waals surface area contributed by atoms with E-state index in [0.29, 0.717) is 17.5 Å². The quantitative estimate of drug-likeness (QED) is 0.567. The van der Waals surface area contributed by atoms with Gasteiger partial charge in [-0.1, -0.05) is 31.5 Å². The van der Waals surface area contributed by atoms with Crippen molar-refractivity contribution in [2.24, 2.45) is 17.6 Å². The minimum Gasteiger partial charge on any atom is -0.383 e. The second-order valence-electron chi connectivity index (χ2n) is 7.20. The second-order valence-corrected chi connectivity index (χ2v) is 7.61. The van der Waals surface area contributed by atoms with Crippen molar-refractivity contribution in [2.45, 2.75) is 32.9 Å². The smallest absolute Gasteiger partial charge is 0.0901 e. The summed E-state index contributed by atoms with van der Waals surface area (Å²) in [5, 5.41) is 5.20. The van der Waals surface area contributed by atoms with Gasteiger partial charge in [0.2, 0.25) is 0 Å². The highest BCUT2D eigenvalue weighted by atomic mass is 35.5. The molecule has 2 heterocycles. The first-order chi connectivity index (χ1) is 13.1. The number of nitrogens with one attached hydrogen (secondary N) is 2. The zero-order chi connectivity index (χ0) is 19.0. The Morgan fingerprint density at radius 1 is 1.33 bits per heavy atom. The van der Waals surface area contributed by atoms with Crippen molar-refractivity contribution in [3.05, 3.63) is 59.3 Å². The predicted octanol–water partition coefficient (Wildman–Crippen LogP) is 4.39. The summed E-state index contributed by atoms with van der Waals surface area (Å²) in [7, 11) is 0. The van der Waals surface area contributed by atoms with Crippen LogP contribution in [0.5, 0.6) is 0 Å². The summed E-state index contributed by atoms with van der Waals surface area (Å²) in [6.07, 6.45) is 5.89. The highest BCUT2D eigenvalue weighted by Crippen LogP contribution is 2.44. The molecule has 0 radical (unpaired) electrons. The molecule has 1 fully saturated rings. The van der Waals surface area contributed by atoms with Gasteiger partial charge in [-0.3, -0.25) is 9.97 Å². The maximum Gasteiger partial charge on any atom is 0.0901 e. The molecule has 0 amide bonds. The largest absolute Gasteiger partial charge is 0.383 e. The molecule has 1 aliphatic carbocycles. The van der Waals surface area contributed by atoms with Crippen LogP contribution >= 0.6 is 11.6 Å². The van der Waals surface area contributed by atoms with Gasteiger partial charge < -0.3 is 16.0 Å². The molecule has 2 aromatic heterocycles. The summed E-state index contributed by atoms with van der Waals surface area (Å²) in [6, 6.07) is 6.11. The number of hydrogen-bond acceptors (Lipinski definition) is 4. The number of allylic oxidation sites excluding steroid dienone is 1. The Labute approximate surface area is 164 Å². The lowest BCUT2D eigenvalue weighted by Gasteiger charge is -2.07. The predicted molar refractivity (Wildman–Crippen MR) is 110 cm³/mol. The maximum atomic E-state index is 6.49. The number of nitrogens with zero attached hydrogens (tertiary/aromatic N) is 2. The molecule has 0 bridgehead atoms. The molecule has 6 heteroatoms. The average Bonchev–Trinajstić information content (AvgIpc) is 3.38. The molecule has 2 unspecified atom stereocenters. The van der Waals surface area contributed by atoms with Crippen molar-refractivity contribution < 1.29 is 0 Å². The Bertz CT molecular complexity index is 976. The first-order valence-corrected chi connectivity index (χ1v) is 9.72. The number of nitrogens with two attached hydrogens (primary N) is 1. The van der Waals surface area contributed by atoms with E-state index < -0.39 is 0 Å². The molecule has 4 N–H and O–H groups in total. The lowest BCUT2D eigenvalue weighted by molar-refractivity contribution is 0.672. The maximum absolute atomic E-state index is 6.49. The Morgan fingerprint density at radius 2 is 2.19 bits per heavy atom. The van der Waals surface area contributed by atoms with Gasteiger partial charge in [0.15, 0.2) is 0 Å². The molecule has 0 spiro atoms. The van der Waals surface area contributed by atoms with Gasteiger partial charge in [-0.2, -0.15) is 0 Å². The average molecular weight is 382 g/mol. The van der Waals surface area contributed by atoms with E-state index in [0.717, 1.165) is 51.7 Å². The van der Waals surface area contributed by atoms with E-state index in [4.69, 9.17) is 17.3 Å². The first kappa shape index (κ1) is 18.0. The molecule has 2 atom stereocenters. The molecule has 3 aromatic rings. The fourth-order valence-electron chi connectivity index (χ4n) is 3.57. The molecule has 0 aliphatic heterocycles. The van der Waals surface area contributed by atoms with Crippen molar-refractivity contribution in [1.82, 2.24) is 20.3 Å². The normalized spacial score (nSPS) is 18.6. The van der Waals surface area contributed by atoms with Crippen LogP contribution in [0.3, 0.4) is 0 Å². The van der Waals surface area contributed by atoms with Crippen LogP contribution in [0.4, 0.5) is 0 Å². The minimum absolute atomic E-state index is 0.373. The number of rotatable bonds is 7. The van der Waals surface area contributed by atoms with E-state index in [9.17, 15) is 0 Å². The number of aromatic nitrogens is 3. The molecule has 1 saturated carbocycles. The minimum atomic E-state index is 0.373. The summed E-state index contributed by atoms with van der Waals surface area (Å²) < 4.78 is 0. The van der Waals surface area contributed by atoms with E-state index in [1.54, 1.807) is 12.4 Å². The summed E-state index contributed by atoms with van der Waals surface area (Å²) in [6.45, 7) is 7.54. The van der Waals surface area contributed by atoms with Crippen molar-refractivity contribution in [1.29, 1.82) is 0 Å². The highest BCUT2D eigenvalue weighted by Gasteiger charge is 2.37. The van der Waals surface area contributed by atoms with Crippen LogP contribution in [-0.4, -0.2) is 15.0 Å². The van der Waals surface area contributed by atoms with E-state index in [1.165, 1.54) is 12.8 Å². The van der Waals surface area contributed by atoms with Gasteiger partial charge in [-0.05, 0) is 30.5 Å². The van der Waals surface area contributed by atoms with Crippen LogP contribution in [0.15, 0.2) is 42.9 Å². The number of fused-ring (bicyclic) bond motifs is 1. The molecule has 140 valence electrons. The van der Waals surface area contributed by atoms with Gasteiger partial charge in [0.1, 0.15) is 0 Å². The number of hydrogen-bond donors (Lipinski definition) is 3. The standard InChI is InChI=1S/C21H24ClN5/c1-3-13-5-17(13)12(2)24-9-15-4-14-6-19(22)18(7-20(14)27-15)21-11-25-16(8-23)10-26-21/h4,6-7,10-11,13,17,24,27H,2-3,5,8-9,23H2,1H3. The summed E-state index contributed by atoms with van der Waals surface area (Å²) in [4.78, 5) is 12.2. The van der Waals surface area contributed by atoms with Crippen molar-refractivity contribution in [3.8, 4) is 11.3 Å². The Morgan fingerprint density at radius 3 is 2.85 bits per heavy atom. The van der Waals surface area contributed by atoms with Crippen molar-refractivity contribution in [3.63, 3.8) is 0 Å². The number of H-pyrrole nitrogens is 1. The first-order valence-electron chi connectivity index (χ1n) is 9.34. The van der Waals surface area contributed by atoms with Gasteiger partial charge >= 0.3 is 0 Å². The zero-order valence-corrected chi connectivity index (χ0v) is 16.2. The number of aromatic amines is 1. The monoisotopic (exact) mass is 381 g/mol. The van der Waals surface area contributed by atoms with Gasteiger partial charge in [-0.15, -0.1) is 0 Å². The molecular weight excluding hydrogens is 358 g/mol. The van der Waals surface area contributed by atoms with E-state index >= 15 is 0 Å². The summed E-state index contributed by atoms with van der Waals surface area (Å²) in [5.74, 6) is 1.44. The molecule has 4 rings (SSSR count). The number of halogens is 1. The lowest BCUT2D eigenvalue weighted by atomic mass is 10.1. The molecule has 0 saturated heterocycles. The summed E-state index contributed by atoms with van der Waals surface area (Å²) >= 11 is 6.49. The molecule has 5 nitrogen and oxygen atoms in total. The van der Waals surface area contributed by atoms with Crippen LogP contribution in [0.25, 0.3) is 22.2 Å². The van der Waals surface area contributed by atoms with E-state index in [1.807, 2.05) is 12.1 Å². The fourth-order valence-corrected chi connectivity index (χ4v) is 3.84. The van der Waals surface area contributed by atoms with Crippen LogP contribution in [-0.2, 0) is 13.1 Å². The topological polar surface area (TPSA) is 79.6 Å². The second kappa shape index (κ2) is 7.33. The highest BCUT2D eigenvalue weighted by molar-refractivity contribution is 6.34. The summed E-state index contributed by atoms with van der Waals surface area (Å²) in [5.41, 5.74) is 11.2. The Balaban J connectivity index is 1.53. The van der Waals surface area contributed by atoms with Gasteiger partial charge in [0.25, 0.3) is 0 Å². The third-order valence-corrected chi connectivity index (χ3v) is 5.67. The Kier molecular flexibility index (Phi) is 4.89. The Hall–Kier alpha value is -2.37. The number of benzene rings is 1. The molecule has 1 aromatic carbocycles. The van der Waals surface area contributed by atoms with Gasteiger partial charge in [0.05, 0.1) is 35.3 Å². The van der Waals surface area contributed by atoms with Crippen molar-refractivity contribution >= 4 is 22.5 Å². The lowest BCUT2D eigenvalue weighted by Crippen LogP contribution is -2.14. The van der Waals surface area contributed by atoms with E-state index in [2.05, 4.69) is 39.8 Å². The fraction of sp³-hybridized carbons (Fsp3) is 0.333. The van der Waals surface area contributed by atoms with Crippen molar-refractivity contribution in [2.75, 3.05) is 0 Å². The molecular formula is C21H24ClN5. The van der Waals surface area contributed by atoms with Gasteiger partial charge in [0, 0.05) is 40.3 Å². The van der Waals surface area contributed by atoms with Crippen LogP contribution < -0.4 is 11.1 Å². The van der Waals surface area contributed by atoms with Crippen LogP contribution in [0.1, 0.15) is 31.2 Å². The SMILES string of the molecule is C=C(NCc1cc2cc(Cl)c(-c3cnc(CN)cn3)cc2[nH]1)C1CC1CC. The third kappa shape index (κ3) is 3.70. The van der Waals surface area contributed by atoms with Crippen LogP contribution in [0, 0.1) is 11.8 Å². The molecule has 1 aliphatic rings. The van der Waals surface area contributed by atoms with E-state index in [-0.39, 0.29) is 0 Å².